The number of pyridine rings is 1. The maximum atomic E-state index is 12.0. The fourth-order valence-electron chi connectivity index (χ4n) is 1.58. The minimum Gasteiger partial charge on any atom is -0.396 e. The van der Waals surface area contributed by atoms with Crippen molar-refractivity contribution < 1.29 is 9.72 Å². The number of nitrogens with two attached hydrogens (primary N) is 1. The van der Waals surface area contributed by atoms with E-state index in [-0.39, 0.29) is 32.3 Å². The van der Waals surface area contributed by atoms with Gasteiger partial charge in [0, 0.05) is 12.1 Å². The lowest BCUT2D eigenvalue weighted by atomic mass is 10.2. The number of nitro benzene ring substituents is 1. The van der Waals surface area contributed by atoms with Crippen molar-refractivity contribution in [3.05, 3.63) is 60.8 Å². The second-order valence-electron chi connectivity index (χ2n) is 4.34. The summed E-state index contributed by atoms with van der Waals surface area (Å²) in [5.41, 5.74) is 7.99. The summed E-state index contributed by atoms with van der Waals surface area (Å²) >= 11 is 17.4. The molecule has 0 bridgehead atoms. The van der Waals surface area contributed by atoms with Crippen molar-refractivity contribution in [1.29, 1.82) is 0 Å². The van der Waals surface area contributed by atoms with Crippen molar-refractivity contribution in [2.45, 2.75) is 0 Å². The Hall–Kier alpha value is -2.42. The van der Waals surface area contributed by atoms with Crippen LogP contribution in [0.15, 0.2) is 29.4 Å². The first kappa shape index (κ1) is 17.9. The highest BCUT2D eigenvalue weighted by Gasteiger charge is 2.19. The number of nitro groups is 1. The van der Waals surface area contributed by atoms with E-state index < -0.39 is 10.8 Å². The van der Waals surface area contributed by atoms with Crippen LogP contribution in [-0.4, -0.2) is 22.0 Å². The zero-order valence-electron chi connectivity index (χ0n) is 11.7. The molecule has 2 aromatic rings. The highest BCUT2D eigenvalue weighted by atomic mass is 35.5. The van der Waals surface area contributed by atoms with E-state index in [0.29, 0.717) is 5.56 Å². The number of amides is 1. The monoisotopic (exact) mass is 387 g/mol. The number of anilines is 1. The molecule has 1 aromatic carbocycles. The first-order valence-corrected chi connectivity index (χ1v) is 7.32. The van der Waals surface area contributed by atoms with Crippen molar-refractivity contribution in [3.63, 3.8) is 0 Å². The highest BCUT2D eigenvalue weighted by Crippen LogP contribution is 2.34. The van der Waals surface area contributed by atoms with Gasteiger partial charge in [-0.3, -0.25) is 14.9 Å². The molecule has 11 heteroatoms. The average molecular weight is 389 g/mol. The van der Waals surface area contributed by atoms with Crippen LogP contribution < -0.4 is 11.2 Å². The number of non-ortho nitro benzene ring substituents is 1. The van der Waals surface area contributed by atoms with E-state index in [0.717, 1.165) is 0 Å². The molecule has 1 amide bonds. The first-order valence-electron chi connectivity index (χ1n) is 6.19. The minimum absolute atomic E-state index is 0.0485. The Morgan fingerprint density at radius 3 is 2.46 bits per heavy atom. The SMILES string of the molecule is Nc1c(Cl)c(Cl)nc(C(=O)NN=Cc2ccc([N+](=O)[O-])cc2)c1Cl. The average Bonchev–Trinajstić information content (AvgIpc) is 2.56. The summed E-state index contributed by atoms with van der Waals surface area (Å²) < 4.78 is 0. The van der Waals surface area contributed by atoms with Crippen LogP contribution in [0.2, 0.25) is 15.2 Å². The summed E-state index contributed by atoms with van der Waals surface area (Å²) in [6, 6.07) is 5.55. The molecule has 0 saturated carbocycles. The molecule has 0 atom stereocenters. The van der Waals surface area contributed by atoms with Gasteiger partial charge in [0.2, 0.25) is 0 Å². The standard InChI is InChI=1S/C13H8Cl3N5O3/c14-8-10(17)9(15)12(16)19-11(8)13(22)20-18-5-6-1-3-7(4-2-6)21(23)24/h1-5H,(H2,17,19)(H,20,22). The van der Waals surface area contributed by atoms with E-state index in [1.807, 2.05) is 0 Å². The van der Waals surface area contributed by atoms with Gasteiger partial charge in [0.05, 0.1) is 21.8 Å². The van der Waals surface area contributed by atoms with Gasteiger partial charge < -0.3 is 5.73 Å². The minimum atomic E-state index is -0.747. The third-order valence-electron chi connectivity index (χ3n) is 2.77. The Morgan fingerprint density at radius 2 is 1.88 bits per heavy atom. The predicted molar refractivity (Wildman–Crippen MR) is 91.8 cm³/mol. The van der Waals surface area contributed by atoms with Gasteiger partial charge in [0.1, 0.15) is 5.02 Å². The Bertz CT molecular complexity index is 840. The largest absolute Gasteiger partial charge is 0.396 e. The van der Waals surface area contributed by atoms with Gasteiger partial charge in [-0.25, -0.2) is 10.4 Å². The molecule has 8 nitrogen and oxygen atoms in total. The molecular weight excluding hydrogens is 381 g/mol. The molecule has 0 spiro atoms. The molecule has 0 aliphatic rings. The summed E-state index contributed by atoms with van der Waals surface area (Å²) in [5.74, 6) is -0.747. The number of benzene rings is 1. The van der Waals surface area contributed by atoms with E-state index in [2.05, 4.69) is 15.5 Å². The van der Waals surface area contributed by atoms with Gasteiger partial charge in [-0.2, -0.15) is 5.10 Å². The third-order valence-corrected chi connectivity index (χ3v) is 3.91. The normalized spacial score (nSPS) is 10.8. The quantitative estimate of drug-likeness (QED) is 0.360. The Kier molecular flexibility index (Phi) is 5.55. The summed E-state index contributed by atoms with van der Waals surface area (Å²) in [6.07, 6.45) is 1.29. The number of nitrogens with zero attached hydrogens (tertiary/aromatic N) is 3. The zero-order chi connectivity index (χ0) is 17.9. The number of halogens is 3. The van der Waals surface area contributed by atoms with Gasteiger partial charge in [-0.05, 0) is 17.7 Å². The summed E-state index contributed by atoms with van der Waals surface area (Å²) in [7, 11) is 0. The molecule has 1 heterocycles. The van der Waals surface area contributed by atoms with E-state index in [4.69, 9.17) is 40.5 Å². The molecule has 1 aromatic heterocycles. The molecule has 0 radical (unpaired) electrons. The number of hydrogen-bond acceptors (Lipinski definition) is 6. The molecule has 3 N–H and O–H groups in total. The molecule has 2 rings (SSSR count). The molecular formula is C13H8Cl3N5O3. The van der Waals surface area contributed by atoms with Gasteiger partial charge in [-0.1, -0.05) is 34.8 Å². The summed E-state index contributed by atoms with van der Waals surface area (Å²) in [6.45, 7) is 0. The second-order valence-corrected chi connectivity index (χ2v) is 5.45. The topological polar surface area (TPSA) is 124 Å². The highest BCUT2D eigenvalue weighted by molar-refractivity contribution is 6.46. The molecule has 24 heavy (non-hydrogen) atoms. The molecule has 0 aliphatic heterocycles. The van der Waals surface area contributed by atoms with Crippen LogP contribution in [0, 0.1) is 10.1 Å². The fourth-order valence-corrected chi connectivity index (χ4v) is 2.18. The molecule has 0 saturated heterocycles. The number of hydrogen-bond donors (Lipinski definition) is 2. The zero-order valence-corrected chi connectivity index (χ0v) is 13.9. The van der Waals surface area contributed by atoms with Crippen LogP contribution in [0.25, 0.3) is 0 Å². The Morgan fingerprint density at radius 1 is 1.25 bits per heavy atom. The number of carbonyl (C=O) groups excluding carboxylic acids is 1. The van der Waals surface area contributed by atoms with Crippen molar-refractivity contribution in [2.75, 3.05) is 5.73 Å². The number of nitrogen functional groups attached to an aromatic ring is 1. The van der Waals surface area contributed by atoms with Crippen LogP contribution >= 0.6 is 34.8 Å². The predicted octanol–water partition coefficient (Wildman–Crippen LogP) is 3.30. The summed E-state index contributed by atoms with van der Waals surface area (Å²) in [4.78, 5) is 25.8. The van der Waals surface area contributed by atoms with Gasteiger partial charge >= 0.3 is 0 Å². The lowest BCUT2D eigenvalue weighted by Crippen LogP contribution is -2.20. The fraction of sp³-hybridized carbons (Fsp3) is 0. The van der Waals surface area contributed by atoms with Crippen LogP contribution in [0.5, 0.6) is 0 Å². The van der Waals surface area contributed by atoms with E-state index >= 15 is 0 Å². The number of aromatic nitrogens is 1. The van der Waals surface area contributed by atoms with Crippen molar-refractivity contribution in [2.24, 2.45) is 5.10 Å². The van der Waals surface area contributed by atoms with Gasteiger partial charge in [-0.15, -0.1) is 0 Å². The first-order chi connectivity index (χ1) is 11.3. The van der Waals surface area contributed by atoms with Crippen LogP contribution in [0.4, 0.5) is 11.4 Å². The summed E-state index contributed by atoms with van der Waals surface area (Å²) in [5, 5.41) is 13.9. The number of hydrazone groups is 1. The number of rotatable bonds is 4. The van der Waals surface area contributed by atoms with Crippen LogP contribution in [-0.2, 0) is 0 Å². The maximum Gasteiger partial charge on any atom is 0.291 e. The van der Waals surface area contributed by atoms with Crippen LogP contribution in [0.1, 0.15) is 16.1 Å². The Balaban J connectivity index is 2.12. The van der Waals surface area contributed by atoms with Crippen LogP contribution in [0.3, 0.4) is 0 Å². The smallest absolute Gasteiger partial charge is 0.291 e. The second kappa shape index (κ2) is 7.43. The Labute approximate surface area is 150 Å². The van der Waals surface area contributed by atoms with Gasteiger partial charge in [0.25, 0.3) is 11.6 Å². The maximum absolute atomic E-state index is 12.0. The lowest BCUT2D eigenvalue weighted by molar-refractivity contribution is -0.384. The van der Waals surface area contributed by atoms with Crippen molar-refractivity contribution >= 4 is 58.3 Å². The molecule has 0 unspecified atom stereocenters. The molecule has 124 valence electrons. The third kappa shape index (κ3) is 3.91. The van der Waals surface area contributed by atoms with E-state index in [9.17, 15) is 14.9 Å². The van der Waals surface area contributed by atoms with Gasteiger partial charge in [0.15, 0.2) is 10.8 Å². The van der Waals surface area contributed by atoms with E-state index in [1.54, 1.807) is 0 Å². The van der Waals surface area contributed by atoms with E-state index in [1.165, 1.54) is 30.5 Å². The van der Waals surface area contributed by atoms with Crippen molar-refractivity contribution in [3.8, 4) is 0 Å². The number of nitrogens with one attached hydrogen (secondary N) is 1. The lowest BCUT2D eigenvalue weighted by Gasteiger charge is -2.07. The van der Waals surface area contributed by atoms with Crippen molar-refractivity contribution in [1.82, 2.24) is 10.4 Å². The molecule has 0 aliphatic carbocycles. The molecule has 0 fully saturated rings. The number of carbonyl (C=O) groups is 1.